The van der Waals surface area contributed by atoms with E-state index in [0.29, 0.717) is 22.7 Å². The fourth-order valence-corrected chi connectivity index (χ4v) is 4.93. The van der Waals surface area contributed by atoms with Gasteiger partial charge in [0.2, 0.25) is 11.8 Å². The lowest BCUT2D eigenvalue weighted by Gasteiger charge is -2.23. The van der Waals surface area contributed by atoms with Gasteiger partial charge in [-0.15, -0.1) is 11.8 Å². The molecule has 1 heterocycles. The number of benzene rings is 3. The highest BCUT2D eigenvalue weighted by atomic mass is 32.2. The fraction of sp³-hybridized carbons (Fsp3) is 0.219. The van der Waals surface area contributed by atoms with E-state index in [4.69, 9.17) is 9.47 Å². The third kappa shape index (κ3) is 7.66. The van der Waals surface area contributed by atoms with Crippen molar-refractivity contribution >= 4 is 46.2 Å². The Balaban J connectivity index is 1.45. The van der Waals surface area contributed by atoms with Crippen molar-refractivity contribution in [2.45, 2.75) is 24.6 Å². The second kappa shape index (κ2) is 13.6. The van der Waals surface area contributed by atoms with Gasteiger partial charge in [-0.3, -0.25) is 9.59 Å². The number of anilines is 1. The van der Waals surface area contributed by atoms with Crippen LogP contribution in [0.5, 0.6) is 11.5 Å². The van der Waals surface area contributed by atoms with Gasteiger partial charge in [0.25, 0.3) is 0 Å². The maximum Gasteiger partial charge on any atom is 0.416 e. The zero-order valence-electron chi connectivity index (χ0n) is 24.0. The van der Waals surface area contributed by atoms with Crippen LogP contribution in [0.3, 0.4) is 0 Å². The van der Waals surface area contributed by atoms with Crippen LogP contribution in [0.25, 0.3) is 17.0 Å². The highest BCUT2D eigenvalue weighted by molar-refractivity contribution is 7.98. The molecular formula is C32H30F3N3O4S. The first-order valence-electron chi connectivity index (χ1n) is 13.1. The van der Waals surface area contributed by atoms with E-state index < -0.39 is 23.6 Å². The second-order valence-electron chi connectivity index (χ2n) is 9.49. The third-order valence-electron chi connectivity index (χ3n) is 6.63. The topological polar surface area (TPSA) is 80.8 Å². The number of hydrogen-bond donors (Lipinski definition) is 1. The molecule has 0 saturated heterocycles. The molecule has 0 aliphatic rings. The van der Waals surface area contributed by atoms with E-state index in [-0.39, 0.29) is 13.2 Å². The summed E-state index contributed by atoms with van der Waals surface area (Å²) in [6, 6.07) is 17.7. The predicted molar refractivity (Wildman–Crippen MR) is 162 cm³/mol. The molecule has 0 fully saturated rings. The summed E-state index contributed by atoms with van der Waals surface area (Å²) in [5.74, 6) is 0.101. The number of thioether (sulfide) groups is 1. The number of rotatable bonds is 10. The number of nitrogens with one attached hydrogen (secondary N) is 1. The van der Waals surface area contributed by atoms with Crippen molar-refractivity contribution in [2.75, 3.05) is 31.9 Å². The highest BCUT2D eigenvalue weighted by Crippen LogP contribution is 2.38. The molecule has 1 aromatic heterocycles. The van der Waals surface area contributed by atoms with Crippen molar-refractivity contribution < 1.29 is 32.2 Å². The lowest BCUT2D eigenvalue weighted by molar-refractivity contribution is -0.137. The van der Waals surface area contributed by atoms with Gasteiger partial charge >= 0.3 is 6.18 Å². The summed E-state index contributed by atoms with van der Waals surface area (Å²) < 4.78 is 50.2. The van der Waals surface area contributed by atoms with E-state index in [2.05, 4.69) is 10.3 Å². The monoisotopic (exact) mass is 609 g/mol. The van der Waals surface area contributed by atoms with Gasteiger partial charge < -0.3 is 19.7 Å². The lowest BCUT2D eigenvalue weighted by Crippen LogP contribution is -2.37. The number of carbonyl (C=O) groups is 2. The molecule has 224 valence electrons. The molecule has 0 unspecified atom stereocenters. The van der Waals surface area contributed by atoms with Crippen molar-refractivity contribution in [1.82, 2.24) is 10.3 Å². The number of hydrogen-bond acceptors (Lipinski definition) is 6. The highest BCUT2D eigenvalue weighted by Gasteiger charge is 2.29. The van der Waals surface area contributed by atoms with Crippen LogP contribution in [0, 0.1) is 6.92 Å². The Morgan fingerprint density at radius 1 is 1.05 bits per heavy atom. The quantitative estimate of drug-likeness (QED) is 0.160. The molecule has 4 rings (SSSR count). The van der Waals surface area contributed by atoms with E-state index in [1.807, 2.05) is 49.6 Å². The lowest BCUT2D eigenvalue weighted by atomic mass is 10.1. The summed E-state index contributed by atoms with van der Waals surface area (Å²) in [4.78, 5) is 32.2. The number of amides is 2. The number of halogens is 3. The smallest absolute Gasteiger partial charge is 0.416 e. The Morgan fingerprint density at radius 3 is 2.47 bits per heavy atom. The van der Waals surface area contributed by atoms with E-state index in [9.17, 15) is 22.8 Å². The van der Waals surface area contributed by atoms with E-state index in [1.165, 1.54) is 42.0 Å². The third-order valence-corrected chi connectivity index (χ3v) is 7.45. The molecule has 0 saturated carbocycles. The number of aromatic nitrogens is 1. The van der Waals surface area contributed by atoms with Gasteiger partial charge in [-0.05, 0) is 61.2 Å². The largest absolute Gasteiger partial charge is 0.494 e. The number of carbonyl (C=O) groups excluding carboxylic acids is 2. The molecule has 0 radical (unpaired) electrons. The molecule has 4 aromatic rings. The van der Waals surface area contributed by atoms with E-state index >= 15 is 0 Å². The van der Waals surface area contributed by atoms with Gasteiger partial charge in [0.15, 0.2) is 0 Å². The summed E-state index contributed by atoms with van der Waals surface area (Å²) in [5.41, 5.74) is 2.49. The number of pyridine rings is 1. The molecule has 0 aliphatic carbocycles. The van der Waals surface area contributed by atoms with Crippen LogP contribution in [0.4, 0.5) is 18.9 Å². The number of methoxy groups -OCH3 is 1. The maximum atomic E-state index is 13.0. The van der Waals surface area contributed by atoms with Gasteiger partial charge in [0.1, 0.15) is 23.6 Å². The van der Waals surface area contributed by atoms with Crippen LogP contribution in [0.1, 0.15) is 22.4 Å². The number of likely N-dealkylation sites (N-methyl/N-ethyl adjacent to an activating group) is 1. The maximum absolute atomic E-state index is 13.0. The predicted octanol–water partition coefficient (Wildman–Crippen LogP) is 6.66. The summed E-state index contributed by atoms with van der Waals surface area (Å²) in [7, 11) is 3.09. The molecule has 2 amide bonds. The van der Waals surface area contributed by atoms with E-state index in [1.54, 1.807) is 13.1 Å². The van der Waals surface area contributed by atoms with Crippen LogP contribution in [0.15, 0.2) is 77.7 Å². The number of aryl methyl sites for hydroxylation is 1. The van der Waals surface area contributed by atoms with Crippen LogP contribution in [-0.4, -0.2) is 43.8 Å². The van der Waals surface area contributed by atoms with Crippen molar-refractivity contribution in [2.24, 2.45) is 0 Å². The summed E-state index contributed by atoms with van der Waals surface area (Å²) in [6.07, 6.45) is 0.0186. The van der Waals surface area contributed by atoms with Crippen LogP contribution < -0.4 is 19.7 Å². The van der Waals surface area contributed by atoms with Gasteiger partial charge in [0.05, 0.1) is 24.9 Å². The Hall–Kier alpha value is -4.51. The first kappa shape index (κ1) is 31.4. The minimum Gasteiger partial charge on any atom is -0.494 e. The zero-order valence-corrected chi connectivity index (χ0v) is 24.8. The van der Waals surface area contributed by atoms with Crippen molar-refractivity contribution in [1.29, 1.82) is 0 Å². The number of alkyl halides is 3. The first-order chi connectivity index (χ1) is 20.5. The molecule has 0 atom stereocenters. The van der Waals surface area contributed by atoms with Gasteiger partial charge in [0, 0.05) is 34.7 Å². The first-order valence-corrected chi connectivity index (χ1v) is 14.4. The van der Waals surface area contributed by atoms with Crippen LogP contribution in [0.2, 0.25) is 0 Å². The Morgan fingerprint density at radius 2 is 1.79 bits per heavy atom. The zero-order chi connectivity index (χ0) is 31.1. The molecule has 7 nitrogen and oxygen atoms in total. The molecule has 1 N–H and O–H groups in total. The molecule has 0 bridgehead atoms. The van der Waals surface area contributed by atoms with E-state index in [0.717, 1.165) is 45.3 Å². The molecule has 3 aromatic carbocycles. The number of fused-ring (bicyclic) bond motifs is 1. The standard InChI is InChI=1S/C32H30F3N3O4S/c1-20-8-12-22-6-5-7-26(30(22)37-20)42-19-24-27(43-4)16-15-25(31(24)41-3)38(2)29(40)18-36-28(39)17-11-21-9-13-23(14-10-21)32(33,34)35/h5-17H,18-19H2,1-4H3,(H,36,39)/b17-11+. The van der Waals surface area contributed by atoms with Crippen molar-refractivity contribution in [3.05, 3.63) is 95.2 Å². The summed E-state index contributed by atoms with van der Waals surface area (Å²) >= 11 is 1.52. The van der Waals surface area contributed by atoms with Gasteiger partial charge in [-0.1, -0.05) is 30.3 Å². The molecular weight excluding hydrogens is 579 g/mol. The SMILES string of the molecule is COc1c(N(C)C(=O)CNC(=O)/C=C/c2ccc(C(F)(F)F)cc2)ccc(SC)c1COc1cccc2ccc(C)nc12. The van der Waals surface area contributed by atoms with Crippen LogP contribution >= 0.6 is 11.8 Å². The van der Waals surface area contributed by atoms with Crippen LogP contribution in [-0.2, 0) is 22.4 Å². The molecule has 0 spiro atoms. The Kier molecular flexibility index (Phi) is 9.97. The number of para-hydroxylation sites is 1. The Bertz CT molecular complexity index is 1660. The molecule has 11 heteroatoms. The summed E-state index contributed by atoms with van der Waals surface area (Å²) in [6.45, 7) is 1.77. The number of ether oxygens (including phenoxy) is 2. The molecule has 43 heavy (non-hydrogen) atoms. The summed E-state index contributed by atoms with van der Waals surface area (Å²) in [5, 5.41) is 3.46. The molecule has 0 aliphatic heterocycles. The fourth-order valence-electron chi connectivity index (χ4n) is 4.33. The minimum atomic E-state index is -4.44. The average molecular weight is 610 g/mol. The second-order valence-corrected chi connectivity index (χ2v) is 10.3. The van der Waals surface area contributed by atoms with Crippen molar-refractivity contribution in [3.63, 3.8) is 0 Å². The normalized spacial score (nSPS) is 11.5. The van der Waals surface area contributed by atoms with Gasteiger partial charge in [-0.2, -0.15) is 13.2 Å². The number of nitrogens with zero attached hydrogens (tertiary/aromatic N) is 2. The van der Waals surface area contributed by atoms with Gasteiger partial charge in [-0.25, -0.2) is 4.98 Å². The van der Waals surface area contributed by atoms with Crippen molar-refractivity contribution in [3.8, 4) is 11.5 Å². The minimum absolute atomic E-state index is 0.162. The average Bonchev–Trinajstić information content (AvgIpc) is 3.00. The Labute approximate surface area is 251 Å².